The van der Waals surface area contributed by atoms with E-state index in [0.29, 0.717) is 17.1 Å². The summed E-state index contributed by atoms with van der Waals surface area (Å²) in [5, 5.41) is 9.70. The lowest BCUT2D eigenvalue weighted by molar-refractivity contribution is 0.0858. The van der Waals surface area contributed by atoms with Gasteiger partial charge in [-0.15, -0.1) is 0 Å². The average Bonchev–Trinajstić information content (AvgIpc) is 2.96. The molecule has 3 rings (SSSR count). The molecular weight excluding hydrogens is 304 g/mol. The molecule has 0 fully saturated rings. The van der Waals surface area contributed by atoms with E-state index in [9.17, 15) is 9.90 Å². The van der Waals surface area contributed by atoms with E-state index >= 15 is 0 Å². The first-order valence-electron chi connectivity index (χ1n) is 7.71. The molecule has 0 atom stereocenters. The lowest BCUT2D eigenvalue weighted by atomic mass is 9.86. The first kappa shape index (κ1) is 16.1. The molecule has 1 heterocycles. The summed E-state index contributed by atoms with van der Waals surface area (Å²) >= 11 is 0. The molecule has 0 bridgehead atoms. The highest BCUT2D eigenvalue weighted by Crippen LogP contribution is 2.31. The summed E-state index contributed by atoms with van der Waals surface area (Å²) in [4.78, 5) is 20.2. The van der Waals surface area contributed by atoms with E-state index < -0.39 is 5.41 Å². The maximum Gasteiger partial charge on any atom is 0.168 e. The molecule has 0 amide bonds. The van der Waals surface area contributed by atoms with Crippen molar-refractivity contribution in [2.75, 3.05) is 7.11 Å². The van der Waals surface area contributed by atoms with Crippen molar-refractivity contribution in [2.45, 2.75) is 20.8 Å². The molecule has 0 unspecified atom stereocenters. The summed E-state index contributed by atoms with van der Waals surface area (Å²) in [5.74, 6) is 1.21. The Morgan fingerprint density at radius 3 is 2.58 bits per heavy atom. The van der Waals surface area contributed by atoms with Crippen molar-refractivity contribution in [3.8, 4) is 22.9 Å². The van der Waals surface area contributed by atoms with Crippen molar-refractivity contribution < 1.29 is 14.6 Å². The van der Waals surface area contributed by atoms with Crippen LogP contribution in [0.1, 0.15) is 31.1 Å². The van der Waals surface area contributed by atoms with Crippen LogP contribution in [0.2, 0.25) is 0 Å². The van der Waals surface area contributed by atoms with Crippen LogP contribution in [-0.4, -0.2) is 28.0 Å². The number of hydrogen-bond acceptors (Lipinski definition) is 4. The Morgan fingerprint density at radius 2 is 1.92 bits per heavy atom. The van der Waals surface area contributed by atoms with Gasteiger partial charge < -0.3 is 14.8 Å². The number of carbonyl (C=O) groups excluding carboxylic acids is 1. The van der Waals surface area contributed by atoms with Gasteiger partial charge in [-0.05, 0) is 36.4 Å². The number of aromatic amines is 1. The van der Waals surface area contributed by atoms with Gasteiger partial charge >= 0.3 is 0 Å². The zero-order valence-electron chi connectivity index (χ0n) is 14.2. The Hall–Kier alpha value is -2.82. The molecule has 0 saturated heterocycles. The fourth-order valence-corrected chi connectivity index (χ4v) is 2.55. The number of hydrogen-bond donors (Lipinski definition) is 2. The Balaban J connectivity index is 2.05. The van der Waals surface area contributed by atoms with E-state index in [0.717, 1.165) is 16.6 Å². The summed E-state index contributed by atoms with van der Waals surface area (Å²) in [6.45, 7) is 5.71. The van der Waals surface area contributed by atoms with Gasteiger partial charge in [0.05, 0.1) is 18.1 Å². The number of H-pyrrole nitrogens is 1. The van der Waals surface area contributed by atoms with Crippen LogP contribution in [0.15, 0.2) is 36.4 Å². The van der Waals surface area contributed by atoms with Gasteiger partial charge in [0.25, 0.3) is 0 Å². The second kappa shape index (κ2) is 5.67. The molecule has 124 valence electrons. The van der Waals surface area contributed by atoms with Crippen LogP contribution in [-0.2, 0) is 0 Å². The molecule has 0 spiro atoms. The van der Waals surface area contributed by atoms with E-state index in [1.807, 2.05) is 32.9 Å². The number of imidazole rings is 1. The molecule has 5 heteroatoms. The number of nitrogens with zero attached hydrogens (tertiary/aromatic N) is 1. The van der Waals surface area contributed by atoms with Gasteiger partial charge in [0.15, 0.2) is 17.3 Å². The van der Waals surface area contributed by atoms with Crippen molar-refractivity contribution in [3.63, 3.8) is 0 Å². The topological polar surface area (TPSA) is 75.2 Å². The molecule has 2 aromatic carbocycles. The quantitative estimate of drug-likeness (QED) is 0.709. The number of ketones is 1. The number of rotatable bonds is 3. The monoisotopic (exact) mass is 324 g/mol. The third-order valence-corrected chi connectivity index (χ3v) is 3.88. The normalized spacial score (nSPS) is 11.7. The van der Waals surface area contributed by atoms with Gasteiger partial charge in [-0.25, -0.2) is 4.98 Å². The summed E-state index contributed by atoms with van der Waals surface area (Å²) in [7, 11) is 1.50. The number of phenolic OH excluding ortho intramolecular Hbond substituents is 1. The molecule has 3 aromatic rings. The molecule has 24 heavy (non-hydrogen) atoms. The van der Waals surface area contributed by atoms with Crippen molar-refractivity contribution >= 4 is 16.8 Å². The maximum absolute atomic E-state index is 12.4. The minimum atomic E-state index is -0.430. The third-order valence-electron chi connectivity index (χ3n) is 3.88. The van der Waals surface area contributed by atoms with Gasteiger partial charge in [0.1, 0.15) is 5.82 Å². The summed E-state index contributed by atoms with van der Waals surface area (Å²) in [6.07, 6.45) is 0. The highest BCUT2D eigenvalue weighted by molar-refractivity contribution is 6.02. The summed E-state index contributed by atoms with van der Waals surface area (Å²) < 4.78 is 5.13. The van der Waals surface area contributed by atoms with Gasteiger partial charge in [-0.3, -0.25) is 4.79 Å². The standard InChI is InChI=1S/C19H20N2O3/c1-19(2,3)17(23)11-5-7-13-14(9-11)21-18(20-13)12-6-8-15(22)16(10-12)24-4/h5-10,22H,1-4H3,(H,20,21). The van der Waals surface area contributed by atoms with Crippen LogP contribution in [0.4, 0.5) is 0 Å². The minimum absolute atomic E-state index is 0.0791. The zero-order valence-corrected chi connectivity index (χ0v) is 14.2. The third kappa shape index (κ3) is 2.85. The predicted molar refractivity (Wildman–Crippen MR) is 93.5 cm³/mol. The number of aromatic hydroxyl groups is 1. The molecule has 1 aromatic heterocycles. The second-order valence-electron chi connectivity index (χ2n) is 6.78. The van der Waals surface area contributed by atoms with Gasteiger partial charge in [0.2, 0.25) is 0 Å². The Labute approximate surface area is 140 Å². The van der Waals surface area contributed by atoms with Crippen LogP contribution in [0, 0.1) is 5.41 Å². The SMILES string of the molecule is COc1cc(-c2nc3ccc(C(=O)C(C)(C)C)cc3[nH]2)ccc1O. The van der Waals surface area contributed by atoms with Crippen molar-refractivity contribution in [2.24, 2.45) is 5.41 Å². The van der Waals surface area contributed by atoms with Crippen molar-refractivity contribution in [1.82, 2.24) is 9.97 Å². The number of ether oxygens (including phenoxy) is 1. The number of nitrogens with one attached hydrogen (secondary N) is 1. The molecule has 0 aliphatic rings. The van der Waals surface area contributed by atoms with Gasteiger partial charge in [-0.1, -0.05) is 20.8 Å². The number of fused-ring (bicyclic) bond motifs is 1. The predicted octanol–water partition coefficient (Wildman–Crippen LogP) is 4.17. The van der Waals surface area contributed by atoms with Gasteiger partial charge in [-0.2, -0.15) is 0 Å². The summed E-state index contributed by atoms with van der Waals surface area (Å²) in [5.41, 5.74) is 2.61. The number of phenols is 1. The van der Waals surface area contributed by atoms with E-state index in [1.54, 1.807) is 24.3 Å². The molecule has 2 N–H and O–H groups in total. The van der Waals surface area contributed by atoms with E-state index in [-0.39, 0.29) is 11.5 Å². The Kier molecular flexibility index (Phi) is 3.79. The zero-order chi connectivity index (χ0) is 17.5. The van der Waals surface area contributed by atoms with Crippen molar-refractivity contribution in [3.05, 3.63) is 42.0 Å². The Bertz CT molecular complexity index is 920. The van der Waals surface area contributed by atoms with Crippen LogP contribution in [0.5, 0.6) is 11.5 Å². The van der Waals surface area contributed by atoms with Crippen LogP contribution in [0.25, 0.3) is 22.4 Å². The molecule has 0 saturated carbocycles. The molecular formula is C19H20N2O3. The first-order chi connectivity index (χ1) is 11.3. The minimum Gasteiger partial charge on any atom is -0.504 e. The van der Waals surface area contributed by atoms with Crippen molar-refractivity contribution in [1.29, 1.82) is 0 Å². The van der Waals surface area contributed by atoms with Crippen LogP contribution >= 0.6 is 0 Å². The number of methoxy groups -OCH3 is 1. The second-order valence-corrected chi connectivity index (χ2v) is 6.78. The highest BCUT2D eigenvalue weighted by Gasteiger charge is 2.23. The van der Waals surface area contributed by atoms with E-state index in [4.69, 9.17) is 4.74 Å². The van der Waals surface area contributed by atoms with Gasteiger partial charge in [0, 0.05) is 16.5 Å². The highest BCUT2D eigenvalue weighted by atomic mass is 16.5. The smallest absolute Gasteiger partial charge is 0.168 e. The van der Waals surface area contributed by atoms with E-state index in [1.165, 1.54) is 7.11 Å². The molecule has 5 nitrogen and oxygen atoms in total. The molecule has 0 radical (unpaired) electrons. The first-order valence-corrected chi connectivity index (χ1v) is 7.71. The maximum atomic E-state index is 12.4. The lowest BCUT2D eigenvalue weighted by Gasteiger charge is -2.16. The number of Topliss-reactive ketones (excluding diaryl/α,β-unsaturated/α-hetero) is 1. The number of aromatic nitrogens is 2. The number of benzene rings is 2. The Morgan fingerprint density at radius 1 is 1.17 bits per heavy atom. The van der Waals surface area contributed by atoms with Crippen LogP contribution < -0.4 is 4.74 Å². The average molecular weight is 324 g/mol. The molecule has 0 aliphatic carbocycles. The van der Waals surface area contributed by atoms with E-state index in [2.05, 4.69) is 9.97 Å². The molecule has 0 aliphatic heterocycles. The fourth-order valence-electron chi connectivity index (χ4n) is 2.55. The fraction of sp³-hybridized carbons (Fsp3) is 0.263. The number of carbonyl (C=O) groups is 1. The summed E-state index contributed by atoms with van der Waals surface area (Å²) in [6, 6.07) is 10.5. The largest absolute Gasteiger partial charge is 0.504 e. The van der Waals surface area contributed by atoms with Crippen LogP contribution in [0.3, 0.4) is 0 Å². The lowest BCUT2D eigenvalue weighted by Crippen LogP contribution is -2.19.